The second-order valence-corrected chi connectivity index (χ2v) is 9.87. The molecule has 1 aromatic heterocycles. The summed E-state index contributed by atoms with van der Waals surface area (Å²) >= 11 is 0. The fraction of sp³-hybridized carbons (Fsp3) is 0.250. The van der Waals surface area contributed by atoms with E-state index < -0.39 is 22.5 Å². The van der Waals surface area contributed by atoms with Gasteiger partial charge in [0.05, 0.1) is 23.8 Å². The number of hydrogen-bond donors (Lipinski definition) is 1. The first-order chi connectivity index (χ1) is 15.5. The summed E-state index contributed by atoms with van der Waals surface area (Å²) in [4.78, 5) is 12.5. The number of carbonyl (C=O) groups excluding carboxylic acids is 1. The summed E-state index contributed by atoms with van der Waals surface area (Å²) in [7, 11) is -3.69. The number of amides is 1. The number of aromatic nitrogens is 1. The number of hydrogen-bond acceptors (Lipinski definition) is 4. The molecule has 0 fully saturated rings. The average molecular weight is 471 g/mol. The zero-order valence-electron chi connectivity index (χ0n) is 19.3. The lowest BCUT2D eigenvalue weighted by atomic mass is 10.1. The van der Waals surface area contributed by atoms with Gasteiger partial charge >= 0.3 is 0 Å². The summed E-state index contributed by atoms with van der Waals surface area (Å²) in [5.41, 5.74) is 7.14. The molecule has 174 valence electrons. The lowest BCUT2D eigenvalue weighted by molar-refractivity contribution is -0.119. The Labute approximate surface area is 193 Å². The van der Waals surface area contributed by atoms with Crippen molar-refractivity contribution in [2.24, 2.45) is 5.10 Å². The predicted octanol–water partition coefficient (Wildman–Crippen LogP) is 3.77. The quantitative estimate of drug-likeness (QED) is 0.422. The summed E-state index contributed by atoms with van der Waals surface area (Å²) < 4.78 is 41.8. The number of halogens is 1. The zero-order chi connectivity index (χ0) is 24.3. The van der Waals surface area contributed by atoms with Crippen molar-refractivity contribution in [2.45, 2.75) is 27.7 Å². The third-order valence-electron chi connectivity index (χ3n) is 5.28. The van der Waals surface area contributed by atoms with Crippen molar-refractivity contribution >= 4 is 27.8 Å². The highest BCUT2D eigenvalue weighted by Gasteiger charge is 2.22. The van der Waals surface area contributed by atoms with Gasteiger partial charge in [0.15, 0.2) is 0 Å². The van der Waals surface area contributed by atoms with Crippen LogP contribution >= 0.6 is 0 Å². The van der Waals surface area contributed by atoms with Gasteiger partial charge in [0, 0.05) is 17.0 Å². The summed E-state index contributed by atoms with van der Waals surface area (Å²) in [6.07, 6.45) is 2.52. The van der Waals surface area contributed by atoms with E-state index in [1.807, 2.05) is 39.0 Å². The number of nitrogens with one attached hydrogen (secondary N) is 1. The monoisotopic (exact) mass is 470 g/mol. The minimum atomic E-state index is -3.69. The van der Waals surface area contributed by atoms with E-state index in [1.54, 1.807) is 35.8 Å². The number of anilines is 1. The SMILES string of the molecule is Cc1ccc(C)c(N(CC(=O)N/N=C/c2cc(C)n(-c3ccccc3F)c2C)S(C)(=O)=O)c1. The van der Waals surface area contributed by atoms with Crippen LogP contribution in [-0.2, 0) is 14.8 Å². The van der Waals surface area contributed by atoms with Crippen molar-refractivity contribution in [3.63, 3.8) is 0 Å². The molecule has 0 unspecified atom stereocenters. The molecule has 7 nitrogen and oxygen atoms in total. The van der Waals surface area contributed by atoms with Crippen LogP contribution in [0.3, 0.4) is 0 Å². The van der Waals surface area contributed by atoms with Gasteiger partial charge in [0.2, 0.25) is 10.0 Å². The summed E-state index contributed by atoms with van der Waals surface area (Å²) in [5.74, 6) is -0.927. The third-order valence-corrected chi connectivity index (χ3v) is 6.40. The van der Waals surface area contributed by atoms with Gasteiger partial charge in [0.25, 0.3) is 5.91 Å². The number of carbonyl (C=O) groups is 1. The van der Waals surface area contributed by atoms with Gasteiger partial charge in [-0.2, -0.15) is 5.10 Å². The van der Waals surface area contributed by atoms with Gasteiger partial charge in [0.1, 0.15) is 12.4 Å². The number of rotatable bonds is 7. The van der Waals surface area contributed by atoms with Crippen molar-refractivity contribution in [3.05, 3.63) is 82.4 Å². The molecule has 0 saturated heterocycles. The van der Waals surface area contributed by atoms with Crippen molar-refractivity contribution in [3.8, 4) is 5.69 Å². The molecule has 0 aliphatic carbocycles. The van der Waals surface area contributed by atoms with Gasteiger partial charge in [-0.3, -0.25) is 9.10 Å². The Bertz CT molecular complexity index is 1330. The Morgan fingerprint density at radius 2 is 1.82 bits per heavy atom. The first kappa shape index (κ1) is 24.2. The molecule has 1 heterocycles. The van der Waals surface area contributed by atoms with Gasteiger partial charge in [-0.15, -0.1) is 0 Å². The van der Waals surface area contributed by atoms with E-state index in [9.17, 15) is 17.6 Å². The minimum absolute atomic E-state index is 0.344. The number of nitrogens with zero attached hydrogens (tertiary/aromatic N) is 3. The second kappa shape index (κ2) is 9.58. The van der Waals surface area contributed by atoms with Crippen LogP contribution in [0.4, 0.5) is 10.1 Å². The molecule has 1 N–H and O–H groups in total. The maximum absolute atomic E-state index is 14.2. The molecule has 0 bridgehead atoms. The molecule has 9 heteroatoms. The molecule has 3 rings (SSSR count). The standard InChI is InChI=1S/C24H27FN4O3S/c1-16-10-11-17(2)23(12-16)28(33(5,31)32)15-24(30)27-26-14-20-13-18(3)29(19(20)4)22-9-7-6-8-21(22)25/h6-14H,15H2,1-5H3,(H,27,30)/b26-14+. The molecular weight excluding hydrogens is 443 g/mol. The molecule has 0 aliphatic rings. The Balaban J connectivity index is 1.78. The number of para-hydroxylation sites is 1. The number of benzene rings is 2. The first-order valence-corrected chi connectivity index (χ1v) is 12.1. The van der Waals surface area contributed by atoms with Crippen LogP contribution in [0.2, 0.25) is 0 Å². The van der Waals surface area contributed by atoms with Crippen molar-refractivity contribution in [1.82, 2.24) is 9.99 Å². The van der Waals surface area contributed by atoms with E-state index in [1.165, 1.54) is 12.3 Å². The van der Waals surface area contributed by atoms with Crippen LogP contribution in [-0.4, -0.2) is 37.9 Å². The molecule has 0 atom stereocenters. The smallest absolute Gasteiger partial charge is 0.260 e. The maximum Gasteiger partial charge on any atom is 0.260 e. The van der Waals surface area contributed by atoms with Crippen molar-refractivity contribution in [1.29, 1.82) is 0 Å². The van der Waals surface area contributed by atoms with E-state index in [4.69, 9.17) is 0 Å². The zero-order valence-corrected chi connectivity index (χ0v) is 20.1. The van der Waals surface area contributed by atoms with E-state index in [-0.39, 0.29) is 5.82 Å². The third kappa shape index (κ3) is 5.48. The van der Waals surface area contributed by atoms with Crippen LogP contribution < -0.4 is 9.73 Å². The van der Waals surface area contributed by atoms with Crippen LogP contribution in [0.1, 0.15) is 28.1 Å². The molecular formula is C24H27FN4O3S. The van der Waals surface area contributed by atoms with Crippen molar-refractivity contribution in [2.75, 3.05) is 17.1 Å². The Morgan fingerprint density at radius 3 is 2.48 bits per heavy atom. The highest BCUT2D eigenvalue weighted by molar-refractivity contribution is 7.92. The maximum atomic E-state index is 14.2. The Morgan fingerprint density at radius 1 is 1.12 bits per heavy atom. The molecule has 33 heavy (non-hydrogen) atoms. The lowest BCUT2D eigenvalue weighted by Crippen LogP contribution is -2.39. The van der Waals surface area contributed by atoms with Crippen LogP contribution in [0.5, 0.6) is 0 Å². The molecule has 0 spiro atoms. The number of sulfonamides is 1. The summed E-state index contributed by atoms with van der Waals surface area (Å²) in [5, 5.41) is 3.99. The number of aryl methyl sites for hydroxylation is 3. The molecule has 3 aromatic rings. The van der Waals surface area contributed by atoms with Crippen LogP contribution in [0, 0.1) is 33.5 Å². The molecule has 0 aliphatic heterocycles. The summed E-state index contributed by atoms with van der Waals surface area (Å²) in [6.45, 7) is 6.91. The van der Waals surface area contributed by atoms with Gasteiger partial charge in [-0.25, -0.2) is 18.2 Å². The van der Waals surface area contributed by atoms with Crippen molar-refractivity contribution < 1.29 is 17.6 Å². The Kier molecular flexibility index (Phi) is 7.02. The fourth-order valence-electron chi connectivity index (χ4n) is 3.63. The average Bonchev–Trinajstić information content (AvgIpc) is 3.01. The van der Waals surface area contributed by atoms with E-state index >= 15 is 0 Å². The highest BCUT2D eigenvalue weighted by atomic mass is 32.2. The second-order valence-electron chi connectivity index (χ2n) is 7.97. The van der Waals surface area contributed by atoms with Gasteiger partial charge in [-0.1, -0.05) is 24.3 Å². The van der Waals surface area contributed by atoms with Crippen LogP contribution in [0.25, 0.3) is 5.69 Å². The predicted molar refractivity (Wildman–Crippen MR) is 129 cm³/mol. The van der Waals surface area contributed by atoms with E-state index in [2.05, 4.69) is 10.5 Å². The largest absolute Gasteiger partial charge is 0.315 e. The van der Waals surface area contributed by atoms with E-state index in [0.29, 0.717) is 16.9 Å². The molecule has 2 aromatic carbocycles. The minimum Gasteiger partial charge on any atom is -0.315 e. The fourth-order valence-corrected chi connectivity index (χ4v) is 4.54. The molecule has 1 amide bonds. The summed E-state index contributed by atoms with van der Waals surface area (Å²) in [6, 6.07) is 13.7. The normalized spacial score (nSPS) is 11.7. The van der Waals surface area contributed by atoms with Gasteiger partial charge < -0.3 is 4.57 Å². The Hall–Kier alpha value is -3.46. The number of hydrazone groups is 1. The van der Waals surface area contributed by atoms with Gasteiger partial charge in [-0.05, 0) is 63.1 Å². The molecule has 0 saturated carbocycles. The van der Waals surface area contributed by atoms with Crippen LogP contribution in [0.15, 0.2) is 53.6 Å². The molecule has 0 radical (unpaired) electrons. The van der Waals surface area contributed by atoms with E-state index in [0.717, 1.165) is 33.1 Å². The topological polar surface area (TPSA) is 83.8 Å². The highest BCUT2D eigenvalue weighted by Crippen LogP contribution is 2.24. The lowest BCUT2D eigenvalue weighted by Gasteiger charge is -2.23. The first-order valence-electron chi connectivity index (χ1n) is 10.3.